The molecule has 0 bridgehead atoms. The Morgan fingerprint density at radius 1 is 0.960 bits per heavy atom. The molecule has 1 fully saturated rings. The molecule has 7 heteroatoms. The Labute approximate surface area is 144 Å². The maximum atomic E-state index is 13.1. The molecule has 1 aliphatic rings. The first-order chi connectivity index (χ1) is 12.0. The summed E-state index contributed by atoms with van der Waals surface area (Å²) in [5, 5.41) is 6.07. The summed E-state index contributed by atoms with van der Waals surface area (Å²) in [6.45, 7) is 0. The van der Waals surface area contributed by atoms with Crippen LogP contribution in [0.15, 0.2) is 36.5 Å². The minimum Gasteiger partial charge on any atom is -0.351 e. The number of nitrogens with one attached hydrogen (secondary N) is 2. The molecule has 0 aliphatic heterocycles. The lowest BCUT2D eigenvalue weighted by molar-refractivity contribution is -0.136. The van der Waals surface area contributed by atoms with Crippen molar-refractivity contribution in [2.45, 2.75) is 50.7 Å². The zero-order valence-corrected chi connectivity index (χ0v) is 13.8. The number of nitrogens with zero attached hydrogens (tertiary/aromatic N) is 2. The molecule has 25 heavy (non-hydrogen) atoms. The molecule has 4 nitrogen and oxygen atoms in total. The van der Waals surface area contributed by atoms with Gasteiger partial charge in [0, 0.05) is 12.2 Å². The van der Waals surface area contributed by atoms with Gasteiger partial charge in [0.25, 0.3) is 0 Å². The van der Waals surface area contributed by atoms with E-state index in [9.17, 15) is 13.2 Å². The highest BCUT2D eigenvalue weighted by atomic mass is 19.4. The van der Waals surface area contributed by atoms with Crippen LogP contribution in [0, 0.1) is 0 Å². The Bertz CT molecular complexity index is 695. The number of para-hydroxylation sites is 1. The van der Waals surface area contributed by atoms with E-state index in [2.05, 4.69) is 20.6 Å². The van der Waals surface area contributed by atoms with Crippen molar-refractivity contribution in [2.75, 3.05) is 10.6 Å². The third-order valence-corrected chi connectivity index (χ3v) is 4.34. The van der Waals surface area contributed by atoms with Crippen molar-refractivity contribution in [3.05, 3.63) is 42.1 Å². The molecule has 0 saturated heterocycles. The Morgan fingerprint density at radius 3 is 2.40 bits per heavy atom. The highest BCUT2D eigenvalue weighted by molar-refractivity contribution is 5.61. The van der Waals surface area contributed by atoms with Gasteiger partial charge in [-0.3, -0.25) is 0 Å². The number of hydrogen-bond acceptors (Lipinski definition) is 4. The fourth-order valence-electron chi connectivity index (χ4n) is 3.08. The van der Waals surface area contributed by atoms with E-state index in [4.69, 9.17) is 0 Å². The standard InChI is InChI=1S/C18H21F3N4/c19-18(20,21)14-9-5-6-10-15(14)24-16-11-12-22-17(25-16)23-13-7-3-1-2-4-8-13/h5-6,9-13H,1-4,7-8H2,(H2,22,23,24,25). The zero-order chi connectivity index (χ0) is 17.7. The van der Waals surface area contributed by atoms with Gasteiger partial charge in [-0.25, -0.2) is 4.98 Å². The largest absolute Gasteiger partial charge is 0.418 e. The van der Waals surface area contributed by atoms with Crippen LogP contribution in [0.2, 0.25) is 0 Å². The first-order valence-corrected chi connectivity index (χ1v) is 8.55. The Kier molecular flexibility index (Phi) is 5.40. The van der Waals surface area contributed by atoms with Crippen LogP contribution in [-0.4, -0.2) is 16.0 Å². The Morgan fingerprint density at radius 2 is 1.68 bits per heavy atom. The SMILES string of the molecule is FC(F)(F)c1ccccc1Nc1ccnc(NC2CCCCCC2)n1. The predicted molar refractivity (Wildman–Crippen MR) is 91.9 cm³/mol. The Balaban J connectivity index is 1.74. The van der Waals surface area contributed by atoms with Gasteiger partial charge in [-0.1, -0.05) is 37.8 Å². The van der Waals surface area contributed by atoms with Crippen molar-refractivity contribution in [3.63, 3.8) is 0 Å². The average molecular weight is 350 g/mol. The van der Waals surface area contributed by atoms with Crippen molar-refractivity contribution in [2.24, 2.45) is 0 Å². The van der Waals surface area contributed by atoms with Crippen molar-refractivity contribution >= 4 is 17.5 Å². The van der Waals surface area contributed by atoms with Gasteiger partial charge in [-0.2, -0.15) is 18.2 Å². The van der Waals surface area contributed by atoms with Crippen LogP contribution >= 0.6 is 0 Å². The molecule has 134 valence electrons. The highest BCUT2D eigenvalue weighted by Crippen LogP contribution is 2.35. The first-order valence-electron chi connectivity index (χ1n) is 8.55. The van der Waals surface area contributed by atoms with Crippen LogP contribution in [-0.2, 0) is 6.18 Å². The number of hydrogen-bond donors (Lipinski definition) is 2. The topological polar surface area (TPSA) is 49.8 Å². The molecule has 1 heterocycles. The minimum absolute atomic E-state index is 0.0193. The molecular formula is C18H21F3N4. The summed E-state index contributed by atoms with van der Waals surface area (Å²) in [6.07, 6.45) is 4.10. The molecule has 1 aliphatic carbocycles. The van der Waals surface area contributed by atoms with Gasteiger partial charge in [0.15, 0.2) is 0 Å². The molecular weight excluding hydrogens is 329 g/mol. The lowest BCUT2D eigenvalue weighted by Gasteiger charge is -2.17. The molecule has 2 aromatic rings. The molecule has 0 unspecified atom stereocenters. The monoisotopic (exact) mass is 350 g/mol. The van der Waals surface area contributed by atoms with E-state index in [1.807, 2.05) is 0 Å². The number of aromatic nitrogens is 2. The van der Waals surface area contributed by atoms with E-state index in [0.717, 1.165) is 18.9 Å². The summed E-state index contributed by atoms with van der Waals surface area (Å²) in [7, 11) is 0. The van der Waals surface area contributed by atoms with E-state index >= 15 is 0 Å². The highest BCUT2D eigenvalue weighted by Gasteiger charge is 2.33. The van der Waals surface area contributed by atoms with Gasteiger partial charge in [-0.15, -0.1) is 0 Å². The van der Waals surface area contributed by atoms with Gasteiger partial charge >= 0.3 is 6.18 Å². The number of halogens is 3. The van der Waals surface area contributed by atoms with Crippen LogP contribution in [0.5, 0.6) is 0 Å². The third-order valence-electron chi connectivity index (χ3n) is 4.34. The second kappa shape index (κ2) is 7.72. The van der Waals surface area contributed by atoms with Crippen LogP contribution in [0.1, 0.15) is 44.1 Å². The third kappa shape index (κ3) is 4.84. The van der Waals surface area contributed by atoms with Crippen LogP contribution < -0.4 is 10.6 Å². The molecule has 0 amide bonds. The van der Waals surface area contributed by atoms with E-state index in [1.54, 1.807) is 18.3 Å². The molecule has 1 aromatic carbocycles. The summed E-state index contributed by atoms with van der Waals surface area (Å²) in [5.41, 5.74) is -0.735. The predicted octanol–water partition coefficient (Wildman–Crippen LogP) is 5.37. The van der Waals surface area contributed by atoms with E-state index in [1.165, 1.54) is 37.8 Å². The van der Waals surface area contributed by atoms with Gasteiger partial charge in [-0.05, 0) is 31.0 Å². The van der Waals surface area contributed by atoms with Gasteiger partial charge in [0.2, 0.25) is 5.95 Å². The van der Waals surface area contributed by atoms with Crippen molar-refractivity contribution < 1.29 is 13.2 Å². The van der Waals surface area contributed by atoms with Crippen LogP contribution in [0.3, 0.4) is 0 Å². The lowest BCUT2D eigenvalue weighted by Crippen LogP contribution is -2.20. The molecule has 3 rings (SSSR count). The van der Waals surface area contributed by atoms with E-state index in [0.29, 0.717) is 17.8 Å². The number of anilines is 3. The van der Waals surface area contributed by atoms with Crippen molar-refractivity contribution in [1.82, 2.24) is 9.97 Å². The average Bonchev–Trinajstić information content (AvgIpc) is 2.83. The second-order valence-corrected chi connectivity index (χ2v) is 6.27. The second-order valence-electron chi connectivity index (χ2n) is 6.27. The normalized spacial score (nSPS) is 16.3. The summed E-state index contributed by atoms with van der Waals surface area (Å²) in [6, 6.07) is 7.25. The lowest BCUT2D eigenvalue weighted by atomic mass is 10.1. The van der Waals surface area contributed by atoms with Crippen LogP contribution in [0.25, 0.3) is 0 Å². The van der Waals surface area contributed by atoms with Crippen LogP contribution in [0.4, 0.5) is 30.6 Å². The molecule has 1 aromatic heterocycles. The summed E-state index contributed by atoms with van der Waals surface area (Å²) in [4.78, 5) is 8.51. The van der Waals surface area contributed by atoms with E-state index in [-0.39, 0.29) is 5.69 Å². The first kappa shape index (κ1) is 17.5. The molecule has 0 spiro atoms. The molecule has 0 atom stereocenters. The number of benzene rings is 1. The quantitative estimate of drug-likeness (QED) is 0.728. The summed E-state index contributed by atoms with van der Waals surface area (Å²) >= 11 is 0. The van der Waals surface area contributed by atoms with Crippen molar-refractivity contribution in [1.29, 1.82) is 0 Å². The fraction of sp³-hybridized carbons (Fsp3) is 0.444. The van der Waals surface area contributed by atoms with Gasteiger partial charge in [0.05, 0.1) is 11.3 Å². The van der Waals surface area contributed by atoms with Crippen molar-refractivity contribution in [3.8, 4) is 0 Å². The maximum Gasteiger partial charge on any atom is 0.418 e. The Hall–Kier alpha value is -2.31. The minimum atomic E-state index is -4.42. The number of alkyl halides is 3. The maximum absolute atomic E-state index is 13.1. The van der Waals surface area contributed by atoms with Gasteiger partial charge < -0.3 is 10.6 Å². The fourth-order valence-corrected chi connectivity index (χ4v) is 3.08. The molecule has 1 saturated carbocycles. The zero-order valence-electron chi connectivity index (χ0n) is 13.8. The van der Waals surface area contributed by atoms with E-state index < -0.39 is 11.7 Å². The molecule has 0 radical (unpaired) electrons. The smallest absolute Gasteiger partial charge is 0.351 e. The summed E-state index contributed by atoms with van der Waals surface area (Å²) in [5.74, 6) is 0.782. The molecule has 2 N–H and O–H groups in total. The number of rotatable bonds is 4. The van der Waals surface area contributed by atoms with Gasteiger partial charge in [0.1, 0.15) is 5.82 Å². The summed E-state index contributed by atoms with van der Waals surface area (Å²) < 4.78 is 39.3.